The van der Waals surface area contributed by atoms with E-state index in [1.165, 1.54) is 0 Å². The first-order valence-corrected chi connectivity index (χ1v) is 4.52. The SMILES string of the molecule is O=C(O)c1cn[nH]c1-c1c(O)cc(O)cc1O. The molecule has 2 aromatic rings. The first-order valence-electron chi connectivity index (χ1n) is 4.52. The topological polar surface area (TPSA) is 127 Å². The normalized spacial score (nSPS) is 10.4. The van der Waals surface area contributed by atoms with Crippen molar-refractivity contribution in [3.05, 3.63) is 23.9 Å². The van der Waals surface area contributed by atoms with Gasteiger partial charge in [-0.1, -0.05) is 0 Å². The Hall–Kier alpha value is -2.70. The van der Waals surface area contributed by atoms with Crippen molar-refractivity contribution >= 4 is 5.97 Å². The number of benzene rings is 1. The second-order valence-electron chi connectivity index (χ2n) is 3.32. The Morgan fingerprint density at radius 2 is 1.76 bits per heavy atom. The van der Waals surface area contributed by atoms with Gasteiger partial charge in [0.05, 0.1) is 17.5 Å². The smallest absolute Gasteiger partial charge is 0.339 e. The maximum Gasteiger partial charge on any atom is 0.339 e. The van der Waals surface area contributed by atoms with E-state index in [1.807, 2.05) is 0 Å². The molecule has 0 aliphatic rings. The fraction of sp³-hybridized carbons (Fsp3) is 0. The van der Waals surface area contributed by atoms with E-state index in [0.717, 1.165) is 18.3 Å². The Kier molecular flexibility index (Phi) is 2.36. The van der Waals surface area contributed by atoms with Crippen LogP contribution in [-0.2, 0) is 0 Å². The molecule has 88 valence electrons. The number of aromatic amines is 1. The van der Waals surface area contributed by atoms with Gasteiger partial charge in [-0.2, -0.15) is 5.10 Å². The minimum absolute atomic E-state index is 0.0347. The van der Waals surface area contributed by atoms with Gasteiger partial charge >= 0.3 is 5.97 Å². The monoisotopic (exact) mass is 236 g/mol. The molecule has 17 heavy (non-hydrogen) atoms. The number of H-pyrrole nitrogens is 1. The Labute approximate surface area is 94.6 Å². The third-order valence-electron chi connectivity index (χ3n) is 2.20. The summed E-state index contributed by atoms with van der Waals surface area (Å²) in [5, 5.41) is 43.1. The number of rotatable bonds is 2. The summed E-state index contributed by atoms with van der Waals surface area (Å²) in [6.45, 7) is 0. The van der Waals surface area contributed by atoms with Crippen LogP contribution in [0.25, 0.3) is 11.3 Å². The van der Waals surface area contributed by atoms with Crippen LogP contribution in [-0.4, -0.2) is 36.6 Å². The molecule has 0 spiro atoms. The molecule has 0 fully saturated rings. The highest BCUT2D eigenvalue weighted by atomic mass is 16.4. The van der Waals surface area contributed by atoms with E-state index < -0.39 is 17.5 Å². The van der Waals surface area contributed by atoms with Gasteiger partial charge in [0, 0.05) is 12.1 Å². The average Bonchev–Trinajstić information content (AvgIpc) is 2.64. The molecule has 0 radical (unpaired) electrons. The molecule has 5 N–H and O–H groups in total. The number of phenolic OH excluding ortho intramolecular Hbond substituents is 3. The number of nitrogens with one attached hydrogen (secondary N) is 1. The third-order valence-corrected chi connectivity index (χ3v) is 2.20. The maximum atomic E-state index is 10.9. The zero-order valence-electron chi connectivity index (χ0n) is 8.38. The molecule has 1 heterocycles. The Morgan fingerprint density at radius 1 is 1.18 bits per heavy atom. The standard InChI is InChI=1S/C10H8N2O5/c13-4-1-6(14)8(7(15)2-4)9-5(10(16)17)3-11-12-9/h1-3,13-15H,(H,11,12)(H,16,17). The summed E-state index contributed by atoms with van der Waals surface area (Å²) >= 11 is 0. The van der Waals surface area contributed by atoms with Crippen LogP contribution in [0, 0.1) is 0 Å². The fourth-order valence-corrected chi connectivity index (χ4v) is 1.49. The molecule has 0 aliphatic carbocycles. The summed E-state index contributed by atoms with van der Waals surface area (Å²) in [5.74, 6) is -2.48. The maximum absolute atomic E-state index is 10.9. The average molecular weight is 236 g/mol. The van der Waals surface area contributed by atoms with Crippen LogP contribution >= 0.6 is 0 Å². The number of aromatic carboxylic acids is 1. The van der Waals surface area contributed by atoms with Gasteiger partial charge in [0.2, 0.25) is 0 Å². The predicted molar refractivity (Wildman–Crippen MR) is 56.0 cm³/mol. The van der Waals surface area contributed by atoms with Crippen LogP contribution in [0.1, 0.15) is 10.4 Å². The summed E-state index contributed by atoms with van der Waals surface area (Å²) in [5.41, 5.74) is -0.355. The van der Waals surface area contributed by atoms with Crippen molar-refractivity contribution in [2.45, 2.75) is 0 Å². The van der Waals surface area contributed by atoms with Gasteiger partial charge in [0.15, 0.2) is 0 Å². The van der Waals surface area contributed by atoms with Crippen molar-refractivity contribution in [3.8, 4) is 28.5 Å². The Balaban J connectivity index is 2.69. The number of nitrogens with zero attached hydrogens (tertiary/aromatic N) is 1. The van der Waals surface area contributed by atoms with E-state index in [0.29, 0.717) is 0 Å². The molecule has 0 amide bonds. The third kappa shape index (κ3) is 1.73. The molecular weight excluding hydrogens is 228 g/mol. The molecule has 7 nitrogen and oxygen atoms in total. The van der Waals surface area contributed by atoms with E-state index >= 15 is 0 Å². The lowest BCUT2D eigenvalue weighted by Crippen LogP contribution is -1.97. The van der Waals surface area contributed by atoms with E-state index in [9.17, 15) is 15.0 Å². The number of hydrogen-bond acceptors (Lipinski definition) is 5. The predicted octanol–water partition coefficient (Wildman–Crippen LogP) is 0.892. The number of phenols is 3. The summed E-state index contributed by atoms with van der Waals surface area (Å²) in [4.78, 5) is 10.9. The minimum atomic E-state index is -1.25. The zero-order valence-corrected chi connectivity index (χ0v) is 8.38. The van der Waals surface area contributed by atoms with Gasteiger partial charge in [-0.25, -0.2) is 4.79 Å². The highest BCUT2D eigenvalue weighted by molar-refractivity contribution is 5.96. The number of carbonyl (C=O) groups is 1. The lowest BCUT2D eigenvalue weighted by Gasteiger charge is -2.06. The zero-order chi connectivity index (χ0) is 12.6. The van der Waals surface area contributed by atoms with Crippen LogP contribution in [0.4, 0.5) is 0 Å². The summed E-state index contributed by atoms with van der Waals surface area (Å²) in [6.07, 6.45) is 1.06. The van der Waals surface area contributed by atoms with Crippen molar-refractivity contribution in [3.63, 3.8) is 0 Å². The number of aromatic hydroxyl groups is 3. The van der Waals surface area contributed by atoms with E-state index in [2.05, 4.69) is 10.2 Å². The molecule has 2 rings (SSSR count). The molecule has 0 atom stereocenters. The number of carboxylic acid groups (broad SMARTS) is 1. The van der Waals surface area contributed by atoms with Crippen LogP contribution in [0.3, 0.4) is 0 Å². The lowest BCUT2D eigenvalue weighted by atomic mass is 10.1. The van der Waals surface area contributed by atoms with Crippen molar-refractivity contribution in [2.24, 2.45) is 0 Å². The molecule has 1 aromatic heterocycles. The number of carboxylic acids is 1. The van der Waals surface area contributed by atoms with Gasteiger partial charge < -0.3 is 20.4 Å². The van der Waals surface area contributed by atoms with Crippen LogP contribution in [0.2, 0.25) is 0 Å². The molecule has 0 unspecified atom stereocenters. The molecular formula is C10H8N2O5. The number of hydrogen-bond donors (Lipinski definition) is 5. The second kappa shape index (κ2) is 3.71. The largest absolute Gasteiger partial charge is 0.508 e. The minimum Gasteiger partial charge on any atom is -0.508 e. The highest BCUT2D eigenvalue weighted by Gasteiger charge is 2.20. The van der Waals surface area contributed by atoms with Crippen LogP contribution in [0.5, 0.6) is 17.2 Å². The second-order valence-corrected chi connectivity index (χ2v) is 3.32. The fourth-order valence-electron chi connectivity index (χ4n) is 1.49. The van der Waals surface area contributed by atoms with Crippen molar-refractivity contribution in [1.82, 2.24) is 10.2 Å². The van der Waals surface area contributed by atoms with Gasteiger partial charge in [-0.05, 0) is 0 Å². The summed E-state index contributed by atoms with van der Waals surface area (Å²) < 4.78 is 0. The first-order chi connectivity index (χ1) is 8.00. The van der Waals surface area contributed by atoms with Crippen LogP contribution in [0.15, 0.2) is 18.3 Å². The quantitative estimate of drug-likeness (QED) is 0.527. The molecule has 0 saturated heterocycles. The summed E-state index contributed by atoms with van der Waals surface area (Å²) in [7, 11) is 0. The molecule has 0 bridgehead atoms. The van der Waals surface area contributed by atoms with Gasteiger partial charge in [0.25, 0.3) is 0 Å². The Morgan fingerprint density at radius 3 is 2.29 bits per heavy atom. The highest BCUT2D eigenvalue weighted by Crippen LogP contribution is 2.40. The number of aromatic nitrogens is 2. The lowest BCUT2D eigenvalue weighted by molar-refractivity contribution is 0.0698. The van der Waals surface area contributed by atoms with Crippen molar-refractivity contribution in [2.75, 3.05) is 0 Å². The van der Waals surface area contributed by atoms with Gasteiger partial charge in [0.1, 0.15) is 22.8 Å². The van der Waals surface area contributed by atoms with E-state index in [-0.39, 0.29) is 22.6 Å². The molecule has 1 aromatic carbocycles. The molecule has 7 heteroatoms. The van der Waals surface area contributed by atoms with Crippen molar-refractivity contribution in [1.29, 1.82) is 0 Å². The Bertz CT molecular complexity index is 567. The molecule has 0 saturated carbocycles. The first kappa shape index (κ1) is 10.8. The van der Waals surface area contributed by atoms with Gasteiger partial charge in [-0.15, -0.1) is 0 Å². The van der Waals surface area contributed by atoms with Gasteiger partial charge in [-0.3, -0.25) is 5.10 Å². The van der Waals surface area contributed by atoms with E-state index in [1.54, 1.807) is 0 Å². The van der Waals surface area contributed by atoms with E-state index in [4.69, 9.17) is 10.2 Å². The molecule has 0 aliphatic heterocycles. The van der Waals surface area contributed by atoms with Crippen LogP contribution < -0.4 is 0 Å². The summed E-state index contributed by atoms with van der Waals surface area (Å²) in [6, 6.07) is 1.98. The van der Waals surface area contributed by atoms with Crippen molar-refractivity contribution < 1.29 is 25.2 Å².